The minimum atomic E-state index is -0.953. The minimum absolute atomic E-state index is 0.318. The Morgan fingerprint density at radius 3 is 2.33 bits per heavy atom. The van der Waals surface area contributed by atoms with Gasteiger partial charge in [0, 0.05) is 12.1 Å². The number of nitrogens with zero attached hydrogens (tertiary/aromatic N) is 1. The first-order valence-corrected chi connectivity index (χ1v) is 4.62. The van der Waals surface area contributed by atoms with Crippen molar-refractivity contribution in [3.63, 3.8) is 0 Å². The van der Waals surface area contributed by atoms with Gasteiger partial charge in [-0.25, -0.2) is 9.36 Å². The topological polar surface area (TPSA) is 62.1 Å². The zero-order valence-electron chi connectivity index (χ0n) is 8.57. The first-order chi connectivity index (χ1) is 7.02. The number of urea groups is 1. The van der Waals surface area contributed by atoms with Crippen molar-refractivity contribution in [2.45, 2.75) is 12.5 Å². The number of amides is 3. The smallest absolute Gasteiger partial charge is 0.320 e. The van der Waals surface area contributed by atoms with Crippen LogP contribution in [0.25, 0.3) is 0 Å². The highest BCUT2D eigenvalue weighted by Gasteiger charge is 2.43. The molecule has 1 fully saturated rings. The first kappa shape index (κ1) is 9.64. The maximum absolute atomic E-state index is 11.6. The number of hydrogen-bond donors (Lipinski definition) is 2. The Hall–Kier alpha value is -1.91. The lowest BCUT2D eigenvalue weighted by molar-refractivity contribution is -0.671. The summed E-state index contributed by atoms with van der Waals surface area (Å²) in [6.07, 6.45) is 3.66. The van der Waals surface area contributed by atoms with Crippen molar-refractivity contribution in [1.82, 2.24) is 10.6 Å². The summed E-state index contributed by atoms with van der Waals surface area (Å²) in [5.74, 6) is -0.318. The fourth-order valence-electron chi connectivity index (χ4n) is 1.58. The van der Waals surface area contributed by atoms with Crippen molar-refractivity contribution >= 4 is 11.9 Å². The number of rotatable bonds is 1. The van der Waals surface area contributed by atoms with Gasteiger partial charge in [0.05, 0.1) is 0 Å². The van der Waals surface area contributed by atoms with Crippen LogP contribution in [0.2, 0.25) is 0 Å². The van der Waals surface area contributed by atoms with Crippen LogP contribution in [0.3, 0.4) is 0 Å². The van der Waals surface area contributed by atoms with E-state index < -0.39 is 11.6 Å². The van der Waals surface area contributed by atoms with Gasteiger partial charge in [0.25, 0.3) is 5.91 Å². The molecule has 1 aliphatic rings. The Kier molecular flexibility index (Phi) is 1.96. The third-order valence-electron chi connectivity index (χ3n) is 2.60. The zero-order valence-corrected chi connectivity index (χ0v) is 8.57. The quantitative estimate of drug-likeness (QED) is 0.483. The molecule has 2 rings (SSSR count). The molecule has 0 saturated carbocycles. The lowest BCUT2D eigenvalue weighted by Crippen LogP contribution is -2.41. The van der Waals surface area contributed by atoms with E-state index in [4.69, 9.17) is 0 Å². The van der Waals surface area contributed by atoms with Crippen LogP contribution >= 0.6 is 0 Å². The van der Waals surface area contributed by atoms with Crippen LogP contribution < -0.4 is 15.2 Å². The van der Waals surface area contributed by atoms with Crippen molar-refractivity contribution in [3.05, 3.63) is 30.1 Å². The number of pyridine rings is 1. The van der Waals surface area contributed by atoms with E-state index in [2.05, 4.69) is 10.6 Å². The third-order valence-corrected chi connectivity index (χ3v) is 2.60. The Morgan fingerprint density at radius 2 is 1.87 bits per heavy atom. The van der Waals surface area contributed by atoms with Gasteiger partial charge in [-0.1, -0.05) is 0 Å². The van der Waals surface area contributed by atoms with Crippen molar-refractivity contribution in [2.75, 3.05) is 0 Å². The number of aromatic nitrogens is 1. The SMILES string of the molecule is C[n+]1ccc(C2(C)NC(=O)NC2=O)cc1. The van der Waals surface area contributed by atoms with Crippen LogP contribution in [0.4, 0.5) is 4.79 Å². The molecular weight excluding hydrogens is 194 g/mol. The Morgan fingerprint density at radius 1 is 1.27 bits per heavy atom. The average Bonchev–Trinajstić information content (AvgIpc) is 2.42. The standard InChI is InChI=1S/C10H11N3O2/c1-10(8(14)11-9(15)12-10)7-3-5-13(2)6-4-7/h3-6H,1-2H3,(H-,11,12,14,15)/p+1. The number of nitrogens with one attached hydrogen (secondary N) is 2. The van der Waals surface area contributed by atoms with Crippen molar-refractivity contribution in [3.8, 4) is 0 Å². The fourth-order valence-corrected chi connectivity index (χ4v) is 1.58. The normalized spacial score (nSPS) is 24.9. The fraction of sp³-hybridized carbons (Fsp3) is 0.300. The first-order valence-electron chi connectivity index (χ1n) is 4.62. The monoisotopic (exact) mass is 206 g/mol. The number of hydrogen-bond acceptors (Lipinski definition) is 2. The van der Waals surface area contributed by atoms with Crippen LogP contribution in [-0.4, -0.2) is 11.9 Å². The van der Waals surface area contributed by atoms with E-state index in [1.165, 1.54) is 0 Å². The molecule has 15 heavy (non-hydrogen) atoms. The molecule has 0 radical (unpaired) electrons. The molecule has 1 aliphatic heterocycles. The second-order valence-electron chi connectivity index (χ2n) is 3.79. The highest BCUT2D eigenvalue weighted by molar-refractivity contribution is 6.07. The summed E-state index contributed by atoms with van der Waals surface area (Å²) in [6.45, 7) is 1.68. The van der Waals surface area contributed by atoms with E-state index in [0.717, 1.165) is 5.56 Å². The zero-order chi connectivity index (χ0) is 11.1. The van der Waals surface area contributed by atoms with Crippen LogP contribution in [0.15, 0.2) is 24.5 Å². The third kappa shape index (κ3) is 1.45. The molecule has 5 nitrogen and oxygen atoms in total. The summed E-state index contributed by atoms with van der Waals surface area (Å²) < 4.78 is 1.86. The lowest BCUT2D eigenvalue weighted by atomic mass is 9.93. The highest BCUT2D eigenvalue weighted by atomic mass is 16.2. The molecule has 2 heterocycles. The van der Waals surface area contributed by atoms with Gasteiger partial charge in [-0.2, -0.15) is 0 Å². The Labute approximate surface area is 87.1 Å². The molecule has 0 aromatic carbocycles. The maximum atomic E-state index is 11.6. The molecule has 1 aromatic rings. The molecule has 1 unspecified atom stereocenters. The average molecular weight is 206 g/mol. The van der Waals surface area contributed by atoms with E-state index >= 15 is 0 Å². The van der Waals surface area contributed by atoms with E-state index in [-0.39, 0.29) is 5.91 Å². The van der Waals surface area contributed by atoms with Gasteiger partial charge in [0.2, 0.25) is 0 Å². The van der Waals surface area contributed by atoms with Gasteiger partial charge in [-0.05, 0) is 12.5 Å². The highest BCUT2D eigenvalue weighted by Crippen LogP contribution is 2.22. The van der Waals surface area contributed by atoms with Gasteiger partial charge in [-0.3, -0.25) is 10.1 Å². The van der Waals surface area contributed by atoms with E-state index in [1.54, 1.807) is 6.92 Å². The molecule has 3 amide bonds. The Bertz CT molecular complexity index is 427. The molecule has 5 heteroatoms. The van der Waals surface area contributed by atoms with Crippen molar-refractivity contribution in [2.24, 2.45) is 7.05 Å². The van der Waals surface area contributed by atoms with Crippen molar-refractivity contribution < 1.29 is 14.2 Å². The summed E-state index contributed by atoms with van der Waals surface area (Å²) in [4.78, 5) is 22.7. The van der Waals surface area contributed by atoms with Gasteiger partial charge in [0.15, 0.2) is 12.4 Å². The second kappa shape index (κ2) is 3.05. The molecule has 2 N–H and O–H groups in total. The van der Waals surface area contributed by atoms with Crippen LogP contribution in [0.1, 0.15) is 12.5 Å². The summed E-state index contributed by atoms with van der Waals surface area (Å²) in [5, 5.41) is 4.83. The molecule has 1 saturated heterocycles. The van der Waals surface area contributed by atoms with Crippen LogP contribution in [0, 0.1) is 0 Å². The molecule has 0 bridgehead atoms. The molecule has 1 aromatic heterocycles. The predicted molar refractivity (Wildman–Crippen MR) is 51.6 cm³/mol. The van der Waals surface area contributed by atoms with E-state index in [9.17, 15) is 9.59 Å². The number of imide groups is 1. The second-order valence-corrected chi connectivity index (χ2v) is 3.79. The summed E-state index contributed by atoms with van der Waals surface area (Å²) in [7, 11) is 1.89. The maximum Gasteiger partial charge on any atom is 0.322 e. The number of carbonyl (C=O) groups is 2. The Balaban J connectivity index is 2.41. The molecular formula is C10H12N3O2+. The molecule has 78 valence electrons. The van der Waals surface area contributed by atoms with E-state index in [0.29, 0.717) is 0 Å². The molecule has 0 aliphatic carbocycles. The summed E-state index contributed by atoms with van der Waals surface area (Å²) >= 11 is 0. The van der Waals surface area contributed by atoms with Crippen molar-refractivity contribution in [1.29, 1.82) is 0 Å². The summed E-state index contributed by atoms with van der Waals surface area (Å²) in [5.41, 5.74) is -0.185. The van der Waals surface area contributed by atoms with Crippen LogP contribution in [-0.2, 0) is 17.4 Å². The molecule has 1 atom stereocenters. The minimum Gasteiger partial charge on any atom is -0.320 e. The lowest BCUT2D eigenvalue weighted by Gasteiger charge is -2.19. The summed E-state index contributed by atoms with van der Waals surface area (Å²) in [6, 6.07) is 3.17. The van der Waals surface area contributed by atoms with E-state index in [1.807, 2.05) is 36.1 Å². The van der Waals surface area contributed by atoms with Gasteiger partial charge in [-0.15, -0.1) is 0 Å². The van der Waals surface area contributed by atoms with Gasteiger partial charge < -0.3 is 5.32 Å². The van der Waals surface area contributed by atoms with Gasteiger partial charge in [0.1, 0.15) is 12.6 Å². The number of carbonyl (C=O) groups excluding carboxylic acids is 2. The van der Waals surface area contributed by atoms with Crippen LogP contribution in [0.5, 0.6) is 0 Å². The largest absolute Gasteiger partial charge is 0.322 e. The molecule has 0 spiro atoms. The van der Waals surface area contributed by atoms with Gasteiger partial charge >= 0.3 is 6.03 Å². The number of aryl methyl sites for hydroxylation is 1. The predicted octanol–water partition coefficient (Wildman–Crippen LogP) is -0.434.